The predicted octanol–water partition coefficient (Wildman–Crippen LogP) is 0.374. The Labute approximate surface area is 190 Å². The molecule has 0 aromatic heterocycles. The summed E-state index contributed by atoms with van der Waals surface area (Å²) in [5.41, 5.74) is -2.73. The van der Waals surface area contributed by atoms with Gasteiger partial charge in [0.15, 0.2) is 0 Å². The summed E-state index contributed by atoms with van der Waals surface area (Å²) in [7, 11) is 2.12. The number of alkyl carbamates (subject to hydrolysis) is 1. The number of esters is 2. The molecule has 2 aliphatic rings. The number of hydrogen-bond acceptors (Lipinski definition) is 9. The Bertz CT molecular complexity index is 956. The molecule has 2 N–H and O–H groups in total. The van der Waals surface area contributed by atoms with Gasteiger partial charge in [-0.3, -0.25) is 14.9 Å². The van der Waals surface area contributed by atoms with Crippen molar-refractivity contribution in [3.63, 3.8) is 0 Å². The van der Waals surface area contributed by atoms with E-state index < -0.39 is 58.9 Å². The second kappa shape index (κ2) is 8.81. The molecule has 11 nitrogen and oxygen atoms in total. The van der Waals surface area contributed by atoms with Gasteiger partial charge in [0.05, 0.1) is 31.7 Å². The molecular weight excluding hydrogens is 434 g/mol. The number of carbonyl (C=O) groups excluding carboxylic acids is 5. The quantitative estimate of drug-likeness (QED) is 0.275. The molecule has 2 fully saturated rings. The second-order valence-electron chi connectivity index (χ2n) is 8.78. The van der Waals surface area contributed by atoms with E-state index in [9.17, 15) is 24.0 Å². The van der Waals surface area contributed by atoms with Crippen molar-refractivity contribution in [1.82, 2.24) is 10.6 Å². The first-order valence-corrected chi connectivity index (χ1v) is 10.3. The highest BCUT2D eigenvalue weighted by Gasteiger charge is 2.72. The zero-order valence-electron chi connectivity index (χ0n) is 19.0. The summed E-state index contributed by atoms with van der Waals surface area (Å²) in [4.78, 5) is 65.7. The van der Waals surface area contributed by atoms with Crippen molar-refractivity contribution < 1.29 is 38.2 Å². The number of ether oxygens (including phenoxy) is 3. The average molecular weight is 461 g/mol. The number of fused-ring (bicyclic) bond motifs is 1. The fourth-order valence-corrected chi connectivity index (χ4v) is 4.32. The number of para-hydroxylation sites is 1. The highest BCUT2D eigenvalue weighted by molar-refractivity contribution is 6.27. The largest absolute Gasteiger partial charge is 0.467 e. The van der Waals surface area contributed by atoms with E-state index in [1.165, 1.54) is 0 Å². The summed E-state index contributed by atoms with van der Waals surface area (Å²) in [5.74, 6) is -6.09. The molecule has 11 heteroatoms. The summed E-state index contributed by atoms with van der Waals surface area (Å²) in [6.07, 6.45) is -0.758. The molecule has 0 saturated carbocycles. The smallest absolute Gasteiger partial charge is 0.407 e. The molecule has 0 radical (unpaired) electrons. The van der Waals surface area contributed by atoms with Crippen LogP contribution in [0.15, 0.2) is 30.3 Å². The van der Waals surface area contributed by atoms with E-state index in [1.807, 2.05) is 0 Å². The lowest BCUT2D eigenvalue weighted by molar-refractivity contribution is -0.166. The third-order valence-corrected chi connectivity index (χ3v) is 5.56. The lowest BCUT2D eigenvalue weighted by Crippen LogP contribution is -2.63. The summed E-state index contributed by atoms with van der Waals surface area (Å²) in [5, 5.41) is 5.30. The van der Waals surface area contributed by atoms with Gasteiger partial charge in [0.1, 0.15) is 5.60 Å². The van der Waals surface area contributed by atoms with Crippen molar-refractivity contribution >= 4 is 35.5 Å². The summed E-state index contributed by atoms with van der Waals surface area (Å²) in [6, 6.07) is 7.19. The Morgan fingerprint density at radius 2 is 1.61 bits per heavy atom. The van der Waals surface area contributed by atoms with Gasteiger partial charge in [-0.1, -0.05) is 18.2 Å². The molecule has 3 atom stereocenters. The molecule has 1 aromatic carbocycles. The molecule has 33 heavy (non-hydrogen) atoms. The lowest BCUT2D eigenvalue weighted by atomic mass is 9.80. The molecule has 3 rings (SSSR count). The molecule has 3 amide bonds. The van der Waals surface area contributed by atoms with Crippen LogP contribution in [-0.4, -0.2) is 67.8 Å². The number of anilines is 1. The van der Waals surface area contributed by atoms with E-state index in [2.05, 4.69) is 10.6 Å². The van der Waals surface area contributed by atoms with Crippen molar-refractivity contribution in [3.8, 4) is 0 Å². The Morgan fingerprint density at radius 3 is 2.12 bits per heavy atom. The fourth-order valence-electron chi connectivity index (χ4n) is 4.32. The average Bonchev–Trinajstić information content (AvgIpc) is 3.24. The van der Waals surface area contributed by atoms with Crippen LogP contribution in [0.2, 0.25) is 0 Å². The standard InChI is InChI=1S/C22H27N3O8/c1-21(2,3)33-20(30)23-11-13-14-15(22(24-13,18(28)31-4)19(29)32-5)17(27)25(16(14)26)12-9-7-6-8-10-12/h6-10,13-15,24H,11H2,1-5H3,(H,23,30)/t13-,14+,15-/m1/s1. The third kappa shape index (κ3) is 4.15. The minimum Gasteiger partial charge on any atom is -0.467 e. The van der Waals surface area contributed by atoms with Crippen LogP contribution >= 0.6 is 0 Å². The maximum atomic E-state index is 13.5. The maximum absolute atomic E-state index is 13.5. The Balaban J connectivity index is 2.02. The monoisotopic (exact) mass is 461 g/mol. The minimum absolute atomic E-state index is 0.201. The van der Waals surface area contributed by atoms with Gasteiger partial charge in [-0.2, -0.15) is 0 Å². The third-order valence-electron chi connectivity index (χ3n) is 5.56. The second-order valence-corrected chi connectivity index (χ2v) is 8.78. The number of imide groups is 1. The van der Waals surface area contributed by atoms with Gasteiger partial charge in [-0.05, 0) is 32.9 Å². The van der Waals surface area contributed by atoms with Gasteiger partial charge in [0, 0.05) is 12.6 Å². The molecule has 0 aliphatic carbocycles. The Hall–Kier alpha value is -3.47. The number of nitrogens with one attached hydrogen (secondary N) is 2. The van der Waals surface area contributed by atoms with Crippen LogP contribution in [0, 0.1) is 11.8 Å². The number of carbonyl (C=O) groups is 5. The number of hydrogen-bond donors (Lipinski definition) is 2. The van der Waals surface area contributed by atoms with Gasteiger partial charge >= 0.3 is 18.0 Å². The van der Waals surface area contributed by atoms with E-state index in [4.69, 9.17) is 14.2 Å². The predicted molar refractivity (Wildman–Crippen MR) is 114 cm³/mol. The summed E-state index contributed by atoms with van der Waals surface area (Å²) < 4.78 is 14.9. The van der Waals surface area contributed by atoms with Crippen molar-refractivity contribution in [2.24, 2.45) is 11.8 Å². The van der Waals surface area contributed by atoms with Crippen LogP contribution in [-0.2, 0) is 33.4 Å². The van der Waals surface area contributed by atoms with Crippen molar-refractivity contribution in [2.75, 3.05) is 25.7 Å². The van der Waals surface area contributed by atoms with E-state index in [0.717, 1.165) is 19.1 Å². The molecule has 178 valence electrons. The normalized spacial score (nSPS) is 23.7. The molecule has 2 aliphatic heterocycles. The van der Waals surface area contributed by atoms with Crippen molar-refractivity contribution in [2.45, 2.75) is 38.0 Å². The van der Waals surface area contributed by atoms with Gasteiger partial charge in [-0.15, -0.1) is 0 Å². The zero-order valence-corrected chi connectivity index (χ0v) is 19.0. The highest BCUT2D eigenvalue weighted by atomic mass is 16.6. The van der Waals surface area contributed by atoms with E-state index >= 15 is 0 Å². The van der Waals surface area contributed by atoms with E-state index in [1.54, 1.807) is 51.1 Å². The molecule has 2 saturated heterocycles. The van der Waals surface area contributed by atoms with Crippen LogP contribution in [0.3, 0.4) is 0 Å². The van der Waals surface area contributed by atoms with E-state index in [0.29, 0.717) is 5.69 Å². The number of amides is 3. The van der Waals surface area contributed by atoms with Crippen molar-refractivity contribution in [3.05, 3.63) is 30.3 Å². The van der Waals surface area contributed by atoms with E-state index in [-0.39, 0.29) is 6.54 Å². The minimum atomic E-state index is -2.26. The first-order chi connectivity index (χ1) is 15.5. The summed E-state index contributed by atoms with van der Waals surface area (Å²) in [6.45, 7) is 4.86. The van der Waals surface area contributed by atoms with Gasteiger partial charge < -0.3 is 19.5 Å². The van der Waals surface area contributed by atoms with Crippen LogP contribution in [0.4, 0.5) is 10.5 Å². The Morgan fingerprint density at radius 1 is 1.03 bits per heavy atom. The number of benzene rings is 1. The molecule has 0 bridgehead atoms. The molecule has 1 aromatic rings. The van der Waals surface area contributed by atoms with Crippen molar-refractivity contribution in [1.29, 1.82) is 0 Å². The fraction of sp³-hybridized carbons (Fsp3) is 0.500. The number of methoxy groups -OCH3 is 2. The Kier molecular flexibility index (Phi) is 6.46. The first kappa shape index (κ1) is 24.2. The van der Waals surface area contributed by atoms with Gasteiger partial charge in [0.2, 0.25) is 17.4 Å². The summed E-state index contributed by atoms with van der Waals surface area (Å²) >= 11 is 0. The van der Waals surface area contributed by atoms with Gasteiger partial charge in [-0.25, -0.2) is 19.3 Å². The number of nitrogens with zero attached hydrogens (tertiary/aromatic N) is 1. The van der Waals surface area contributed by atoms with Crippen LogP contribution in [0.1, 0.15) is 20.8 Å². The highest BCUT2D eigenvalue weighted by Crippen LogP contribution is 2.45. The van der Waals surface area contributed by atoms with Crippen LogP contribution < -0.4 is 15.5 Å². The molecule has 0 unspecified atom stereocenters. The van der Waals surface area contributed by atoms with Crippen LogP contribution in [0.5, 0.6) is 0 Å². The number of rotatable bonds is 5. The topological polar surface area (TPSA) is 140 Å². The van der Waals surface area contributed by atoms with Crippen LogP contribution in [0.25, 0.3) is 0 Å². The zero-order chi connectivity index (χ0) is 24.6. The maximum Gasteiger partial charge on any atom is 0.407 e. The first-order valence-electron chi connectivity index (χ1n) is 10.3. The van der Waals surface area contributed by atoms with Gasteiger partial charge in [0.25, 0.3) is 0 Å². The SMILES string of the molecule is COC(=O)C1(C(=O)OC)N[C@H](CNC(=O)OC(C)(C)C)[C@@H]2C(=O)N(c3ccccc3)C(=O)[C@@H]21. The lowest BCUT2D eigenvalue weighted by Gasteiger charge is -2.29. The molecule has 0 spiro atoms. The molecule has 2 heterocycles. The molecular formula is C22H27N3O8.